The number of nitrogens with one attached hydrogen (secondary N) is 4. The van der Waals surface area contributed by atoms with Crippen molar-refractivity contribution in [2.24, 2.45) is 5.73 Å². The molecule has 3 amide bonds. The highest BCUT2D eigenvalue weighted by Crippen LogP contribution is 2.04. The standard InChI is InChI=1S/C19H28N6O9/c1-9(23-17(31)11(20)2-4-14(26)27)16(30)24-12(3-5-15(28)29)18(32)25-13(19(33)34)6-10-7-21-8-22-10/h7-9,11-13H,2-6,20H2,1H3,(H,21,22)(H,23,31)(H,24,30)(H,25,32)(H,26,27)(H,28,29)(H,33,34). The van der Waals surface area contributed by atoms with E-state index in [0.29, 0.717) is 5.69 Å². The fourth-order valence-electron chi connectivity index (χ4n) is 2.72. The van der Waals surface area contributed by atoms with Crippen molar-refractivity contribution in [3.63, 3.8) is 0 Å². The Hall–Kier alpha value is -4.01. The third-order valence-electron chi connectivity index (χ3n) is 4.63. The maximum atomic E-state index is 12.7. The van der Waals surface area contributed by atoms with Crippen molar-refractivity contribution in [1.82, 2.24) is 25.9 Å². The molecule has 0 aromatic carbocycles. The highest BCUT2D eigenvalue weighted by atomic mass is 16.4. The van der Waals surface area contributed by atoms with Crippen LogP contribution in [0, 0.1) is 0 Å². The van der Waals surface area contributed by atoms with Crippen molar-refractivity contribution < 1.29 is 44.1 Å². The van der Waals surface area contributed by atoms with Crippen LogP contribution in [0.5, 0.6) is 0 Å². The van der Waals surface area contributed by atoms with E-state index in [-0.39, 0.29) is 25.7 Å². The van der Waals surface area contributed by atoms with E-state index in [0.717, 1.165) is 0 Å². The Balaban J connectivity index is 2.80. The minimum atomic E-state index is -1.41. The second-order valence-corrected chi connectivity index (χ2v) is 7.44. The van der Waals surface area contributed by atoms with E-state index in [2.05, 4.69) is 25.9 Å². The van der Waals surface area contributed by atoms with Gasteiger partial charge in [-0.1, -0.05) is 0 Å². The third-order valence-corrected chi connectivity index (χ3v) is 4.63. The normalized spacial score (nSPS) is 14.2. The van der Waals surface area contributed by atoms with Crippen molar-refractivity contribution in [1.29, 1.82) is 0 Å². The summed E-state index contributed by atoms with van der Waals surface area (Å²) in [6, 6.07) is -5.19. The summed E-state index contributed by atoms with van der Waals surface area (Å²) in [5.74, 6) is -6.33. The number of aromatic amines is 1. The minimum Gasteiger partial charge on any atom is -0.481 e. The molecule has 0 saturated heterocycles. The average Bonchev–Trinajstić information content (AvgIpc) is 3.26. The Bertz CT molecular complexity index is 889. The van der Waals surface area contributed by atoms with Gasteiger partial charge in [0.1, 0.15) is 18.1 Å². The van der Waals surface area contributed by atoms with Gasteiger partial charge in [0, 0.05) is 31.2 Å². The third kappa shape index (κ3) is 10.1. The van der Waals surface area contributed by atoms with E-state index in [9.17, 15) is 33.9 Å². The molecular formula is C19H28N6O9. The summed E-state index contributed by atoms with van der Waals surface area (Å²) in [6.07, 6.45) is 1.20. The van der Waals surface area contributed by atoms with Crippen LogP contribution in [0.4, 0.5) is 0 Å². The molecule has 0 spiro atoms. The molecule has 1 rings (SSSR count). The number of carboxylic acids is 3. The van der Waals surface area contributed by atoms with Gasteiger partial charge in [0.25, 0.3) is 0 Å². The van der Waals surface area contributed by atoms with Gasteiger partial charge in [-0.3, -0.25) is 24.0 Å². The van der Waals surface area contributed by atoms with Crippen LogP contribution >= 0.6 is 0 Å². The first-order chi connectivity index (χ1) is 15.9. The molecule has 4 unspecified atom stereocenters. The molecule has 188 valence electrons. The number of H-pyrrole nitrogens is 1. The van der Waals surface area contributed by atoms with E-state index >= 15 is 0 Å². The number of amides is 3. The molecule has 15 nitrogen and oxygen atoms in total. The number of hydrogen-bond acceptors (Lipinski definition) is 8. The molecule has 0 fully saturated rings. The monoisotopic (exact) mass is 484 g/mol. The van der Waals surface area contributed by atoms with Crippen molar-refractivity contribution in [3.8, 4) is 0 Å². The average molecular weight is 484 g/mol. The molecule has 0 aliphatic rings. The van der Waals surface area contributed by atoms with Gasteiger partial charge in [0.15, 0.2) is 0 Å². The first-order valence-corrected chi connectivity index (χ1v) is 10.2. The number of carbonyl (C=O) groups is 6. The van der Waals surface area contributed by atoms with E-state index < -0.39 is 66.2 Å². The van der Waals surface area contributed by atoms with E-state index in [1.165, 1.54) is 19.4 Å². The summed E-state index contributed by atoms with van der Waals surface area (Å²) < 4.78 is 0. The van der Waals surface area contributed by atoms with E-state index in [4.69, 9.17) is 15.9 Å². The Morgan fingerprint density at radius 2 is 1.50 bits per heavy atom. The zero-order chi connectivity index (χ0) is 25.8. The lowest BCUT2D eigenvalue weighted by molar-refractivity contribution is -0.143. The summed E-state index contributed by atoms with van der Waals surface area (Å²) in [6.45, 7) is 1.28. The number of hydrogen-bond donors (Lipinski definition) is 8. The molecule has 0 aliphatic heterocycles. The molecular weight excluding hydrogens is 456 g/mol. The van der Waals surface area contributed by atoms with Crippen molar-refractivity contribution >= 4 is 35.6 Å². The van der Waals surface area contributed by atoms with Crippen LogP contribution in [0.25, 0.3) is 0 Å². The minimum absolute atomic E-state index is 0.138. The Morgan fingerprint density at radius 3 is 2.03 bits per heavy atom. The van der Waals surface area contributed by atoms with Crippen LogP contribution in [0.1, 0.15) is 38.3 Å². The molecule has 0 bridgehead atoms. The number of carbonyl (C=O) groups excluding carboxylic acids is 3. The van der Waals surface area contributed by atoms with Gasteiger partial charge < -0.3 is 42.0 Å². The zero-order valence-corrected chi connectivity index (χ0v) is 18.3. The highest BCUT2D eigenvalue weighted by molar-refractivity contribution is 5.94. The van der Waals surface area contributed by atoms with Crippen LogP contribution in [0.3, 0.4) is 0 Å². The Kier molecular flexibility index (Phi) is 11.1. The molecule has 4 atom stereocenters. The van der Waals surface area contributed by atoms with Crippen molar-refractivity contribution in [3.05, 3.63) is 18.2 Å². The number of imidazole rings is 1. The first-order valence-electron chi connectivity index (χ1n) is 10.2. The smallest absolute Gasteiger partial charge is 0.326 e. The van der Waals surface area contributed by atoms with Crippen LogP contribution < -0.4 is 21.7 Å². The Labute approximate surface area is 193 Å². The fourth-order valence-corrected chi connectivity index (χ4v) is 2.72. The summed E-state index contributed by atoms with van der Waals surface area (Å²) in [4.78, 5) is 76.7. The molecule has 9 N–H and O–H groups in total. The predicted octanol–water partition coefficient (Wildman–Crippen LogP) is -2.43. The van der Waals surface area contributed by atoms with E-state index in [1.54, 1.807) is 0 Å². The van der Waals surface area contributed by atoms with Gasteiger partial charge in [-0.05, 0) is 19.8 Å². The fraction of sp³-hybridized carbons (Fsp3) is 0.526. The van der Waals surface area contributed by atoms with Crippen molar-refractivity contribution in [2.75, 3.05) is 0 Å². The summed E-state index contributed by atoms with van der Waals surface area (Å²) in [5.41, 5.74) is 6.01. The lowest BCUT2D eigenvalue weighted by Crippen LogP contribution is -2.56. The molecule has 0 aliphatic carbocycles. The number of rotatable bonds is 15. The molecule has 1 heterocycles. The summed E-state index contributed by atoms with van der Waals surface area (Å²) in [7, 11) is 0. The Morgan fingerprint density at radius 1 is 0.912 bits per heavy atom. The van der Waals surface area contributed by atoms with Gasteiger partial charge >= 0.3 is 17.9 Å². The van der Waals surface area contributed by atoms with Crippen LogP contribution in [-0.4, -0.2) is 85.1 Å². The summed E-state index contributed by atoms with van der Waals surface area (Å²) >= 11 is 0. The second-order valence-electron chi connectivity index (χ2n) is 7.44. The number of aliphatic carboxylic acids is 3. The first kappa shape index (κ1) is 28.0. The molecule has 15 heteroatoms. The molecule has 0 saturated carbocycles. The molecule has 1 aromatic heterocycles. The largest absolute Gasteiger partial charge is 0.481 e. The maximum absolute atomic E-state index is 12.7. The quantitative estimate of drug-likeness (QED) is 0.130. The van der Waals surface area contributed by atoms with Crippen LogP contribution in [0.15, 0.2) is 12.5 Å². The van der Waals surface area contributed by atoms with Crippen molar-refractivity contribution in [2.45, 2.75) is 63.2 Å². The number of aromatic nitrogens is 2. The van der Waals surface area contributed by atoms with E-state index in [1.807, 2.05) is 0 Å². The van der Waals surface area contributed by atoms with Crippen LogP contribution in [-0.2, 0) is 35.2 Å². The van der Waals surface area contributed by atoms with Gasteiger partial charge in [-0.15, -0.1) is 0 Å². The topological polar surface area (TPSA) is 254 Å². The van der Waals surface area contributed by atoms with Gasteiger partial charge in [0.2, 0.25) is 17.7 Å². The summed E-state index contributed by atoms with van der Waals surface area (Å²) in [5, 5.41) is 33.8. The zero-order valence-electron chi connectivity index (χ0n) is 18.3. The lowest BCUT2D eigenvalue weighted by atomic mass is 10.1. The maximum Gasteiger partial charge on any atom is 0.326 e. The number of carboxylic acid groups (broad SMARTS) is 3. The van der Waals surface area contributed by atoms with Crippen LogP contribution in [0.2, 0.25) is 0 Å². The number of nitrogens with zero attached hydrogens (tertiary/aromatic N) is 1. The highest BCUT2D eigenvalue weighted by Gasteiger charge is 2.29. The van der Waals surface area contributed by atoms with Gasteiger partial charge in [-0.2, -0.15) is 0 Å². The lowest BCUT2D eigenvalue weighted by Gasteiger charge is -2.23. The number of nitrogens with two attached hydrogens (primary N) is 1. The molecule has 34 heavy (non-hydrogen) atoms. The van der Waals surface area contributed by atoms with Gasteiger partial charge in [-0.25, -0.2) is 9.78 Å². The SMILES string of the molecule is CC(NC(=O)C(N)CCC(=O)O)C(=O)NC(CCC(=O)O)C(=O)NC(Cc1cnc[nH]1)C(=O)O. The molecule has 1 aromatic rings. The predicted molar refractivity (Wildman–Crippen MR) is 113 cm³/mol. The van der Waals surface area contributed by atoms with Gasteiger partial charge in [0.05, 0.1) is 12.4 Å². The molecule has 0 radical (unpaired) electrons. The second kappa shape index (κ2) is 13.5.